The molecule has 2 aromatic carbocycles. The van der Waals surface area contributed by atoms with E-state index in [9.17, 15) is 0 Å². The molecule has 26 heavy (non-hydrogen) atoms. The largest absolute Gasteiger partial charge is 0.361 e. The second kappa shape index (κ2) is 7.48. The Bertz CT molecular complexity index is 1070. The maximum atomic E-state index is 5.65. The lowest BCUT2D eigenvalue weighted by Crippen LogP contribution is -2.25. The number of benzene rings is 2. The average Bonchev–Trinajstić information content (AvgIpc) is 3.09. The first-order valence-electron chi connectivity index (χ1n) is 8.54. The Hall–Kier alpha value is -2.37. The maximum Gasteiger partial charge on any atom is 0.142 e. The Morgan fingerprint density at radius 3 is 2.73 bits per heavy atom. The molecular weight excluding hydrogens is 358 g/mol. The molecule has 0 bridgehead atoms. The number of hydrogen-bond donors (Lipinski definition) is 1. The van der Waals surface area contributed by atoms with Crippen molar-refractivity contribution in [2.45, 2.75) is 11.4 Å². The molecule has 1 N–H and O–H groups in total. The van der Waals surface area contributed by atoms with E-state index < -0.39 is 0 Å². The summed E-state index contributed by atoms with van der Waals surface area (Å²) in [5, 5.41) is 4.59. The second-order valence-corrected chi connectivity index (χ2v) is 7.86. The molecule has 4 rings (SSSR count). The molecule has 130 valence electrons. The number of nitrogens with one attached hydrogen (secondary N) is 1. The van der Waals surface area contributed by atoms with E-state index in [1.54, 1.807) is 11.8 Å². The number of pyridine rings is 1. The van der Waals surface area contributed by atoms with Gasteiger partial charge in [0, 0.05) is 42.3 Å². The fourth-order valence-corrected chi connectivity index (χ4v) is 4.20. The number of H-pyrrole nitrogens is 1. The van der Waals surface area contributed by atoms with Crippen LogP contribution in [0.15, 0.2) is 72.0 Å². The van der Waals surface area contributed by atoms with E-state index in [4.69, 9.17) is 12.2 Å². The molecule has 0 radical (unpaired) electrons. The second-order valence-electron chi connectivity index (χ2n) is 6.24. The lowest BCUT2D eigenvalue weighted by Gasteiger charge is -2.19. The van der Waals surface area contributed by atoms with Gasteiger partial charge in [0.25, 0.3) is 0 Å². The number of nitrogens with zero attached hydrogens (tertiary/aromatic N) is 2. The molecule has 0 aliphatic heterocycles. The fraction of sp³-hybridized carbons (Fsp3) is 0.143. The SMILES string of the molecule is CN(CCc1c[nH]c2ccccc12)C(=S)Sc1nccc2ccccc12. The van der Waals surface area contributed by atoms with Crippen molar-refractivity contribution in [2.24, 2.45) is 0 Å². The highest BCUT2D eigenvalue weighted by Crippen LogP contribution is 2.27. The first kappa shape index (κ1) is 17.1. The summed E-state index contributed by atoms with van der Waals surface area (Å²) in [5.74, 6) is 0. The van der Waals surface area contributed by atoms with Crippen molar-refractivity contribution < 1.29 is 0 Å². The van der Waals surface area contributed by atoms with Crippen molar-refractivity contribution in [3.05, 3.63) is 72.6 Å². The summed E-state index contributed by atoms with van der Waals surface area (Å²) in [6.45, 7) is 0.873. The molecule has 2 heterocycles. The number of fused-ring (bicyclic) bond motifs is 2. The summed E-state index contributed by atoms with van der Waals surface area (Å²) in [5.41, 5.74) is 2.51. The van der Waals surface area contributed by atoms with Gasteiger partial charge < -0.3 is 9.88 Å². The van der Waals surface area contributed by atoms with E-state index in [0.717, 1.165) is 27.7 Å². The quantitative estimate of drug-likeness (QED) is 0.388. The van der Waals surface area contributed by atoms with Gasteiger partial charge in [-0.05, 0) is 41.3 Å². The number of thiocarbonyl (C=S) groups is 1. The molecule has 0 aliphatic carbocycles. The van der Waals surface area contributed by atoms with Crippen molar-refractivity contribution in [3.63, 3.8) is 0 Å². The maximum absolute atomic E-state index is 5.65. The van der Waals surface area contributed by atoms with Gasteiger partial charge in [-0.15, -0.1) is 0 Å². The van der Waals surface area contributed by atoms with Crippen LogP contribution in [0.3, 0.4) is 0 Å². The third-order valence-electron chi connectivity index (χ3n) is 4.52. The minimum atomic E-state index is 0.841. The van der Waals surface area contributed by atoms with Crippen molar-refractivity contribution in [1.82, 2.24) is 14.9 Å². The first-order valence-corrected chi connectivity index (χ1v) is 9.76. The smallest absolute Gasteiger partial charge is 0.142 e. The van der Waals surface area contributed by atoms with Crippen molar-refractivity contribution in [1.29, 1.82) is 0 Å². The molecule has 0 saturated carbocycles. The van der Waals surface area contributed by atoms with E-state index in [1.807, 2.05) is 24.4 Å². The summed E-state index contributed by atoms with van der Waals surface area (Å²) in [6.07, 6.45) is 4.89. The Balaban J connectivity index is 1.44. The predicted octanol–water partition coefficient (Wildman–Crippen LogP) is 5.27. The number of rotatable bonds is 4. The third kappa shape index (κ3) is 3.45. The lowest BCUT2D eigenvalue weighted by molar-refractivity contribution is 0.526. The third-order valence-corrected chi connectivity index (χ3v) is 6.09. The van der Waals surface area contributed by atoms with Crippen LogP contribution in [0.1, 0.15) is 5.56 Å². The Kier molecular flexibility index (Phi) is 4.91. The van der Waals surface area contributed by atoms with Crippen LogP contribution in [0, 0.1) is 0 Å². The number of thioether (sulfide) groups is 1. The standard InChI is InChI=1S/C21H19N3S2/c1-24(13-11-16-14-23-19-9-5-4-7-17(16)19)21(25)26-20-18-8-3-2-6-15(18)10-12-22-20/h2-10,12,14,23H,11,13H2,1H3. The monoisotopic (exact) mass is 377 g/mol. The van der Waals surface area contributed by atoms with E-state index in [2.05, 4.69) is 64.5 Å². The number of aromatic nitrogens is 2. The average molecular weight is 378 g/mol. The molecule has 4 aromatic rings. The molecule has 2 aromatic heterocycles. The highest BCUT2D eigenvalue weighted by atomic mass is 32.2. The Morgan fingerprint density at radius 2 is 1.85 bits per heavy atom. The summed E-state index contributed by atoms with van der Waals surface area (Å²) in [6, 6.07) is 18.7. The van der Waals surface area contributed by atoms with Crippen LogP contribution in [0.25, 0.3) is 21.7 Å². The van der Waals surface area contributed by atoms with Crippen LogP contribution in [0.2, 0.25) is 0 Å². The molecule has 0 unspecified atom stereocenters. The van der Waals surface area contributed by atoms with Crippen molar-refractivity contribution in [3.8, 4) is 0 Å². The van der Waals surface area contributed by atoms with Gasteiger partial charge >= 0.3 is 0 Å². The minimum absolute atomic E-state index is 0.841. The summed E-state index contributed by atoms with van der Waals surface area (Å²) >= 11 is 7.21. The van der Waals surface area contributed by atoms with Crippen LogP contribution in [-0.2, 0) is 6.42 Å². The minimum Gasteiger partial charge on any atom is -0.361 e. The number of hydrogen-bond acceptors (Lipinski definition) is 3. The van der Waals surface area contributed by atoms with Crippen LogP contribution in [-0.4, -0.2) is 32.8 Å². The lowest BCUT2D eigenvalue weighted by atomic mass is 10.1. The molecule has 0 amide bonds. The van der Waals surface area contributed by atoms with Gasteiger partial charge in [0.1, 0.15) is 9.35 Å². The number of para-hydroxylation sites is 1. The summed E-state index contributed by atoms with van der Waals surface area (Å²) in [7, 11) is 2.05. The van der Waals surface area contributed by atoms with Crippen LogP contribution >= 0.6 is 24.0 Å². The van der Waals surface area contributed by atoms with Gasteiger partial charge in [-0.25, -0.2) is 4.98 Å². The molecule has 0 spiro atoms. The predicted molar refractivity (Wildman–Crippen MR) is 115 cm³/mol. The fourth-order valence-electron chi connectivity index (χ4n) is 3.05. The molecule has 5 heteroatoms. The van der Waals surface area contributed by atoms with Crippen LogP contribution in [0.4, 0.5) is 0 Å². The molecule has 0 atom stereocenters. The van der Waals surface area contributed by atoms with E-state index >= 15 is 0 Å². The normalized spacial score (nSPS) is 11.1. The highest BCUT2D eigenvalue weighted by Gasteiger charge is 2.11. The zero-order chi connectivity index (χ0) is 17.9. The van der Waals surface area contributed by atoms with Crippen molar-refractivity contribution in [2.75, 3.05) is 13.6 Å². The number of aromatic amines is 1. The molecule has 0 fully saturated rings. The summed E-state index contributed by atoms with van der Waals surface area (Å²) < 4.78 is 0.841. The van der Waals surface area contributed by atoms with Gasteiger partial charge in [0.05, 0.1) is 0 Å². The van der Waals surface area contributed by atoms with Gasteiger partial charge in [-0.2, -0.15) is 0 Å². The highest BCUT2D eigenvalue weighted by molar-refractivity contribution is 8.23. The number of likely N-dealkylation sites (N-methyl/N-ethyl adjacent to an activating group) is 1. The molecular formula is C21H19N3S2. The van der Waals surface area contributed by atoms with Crippen LogP contribution < -0.4 is 0 Å². The van der Waals surface area contributed by atoms with Gasteiger partial charge in [0.15, 0.2) is 0 Å². The molecule has 3 nitrogen and oxygen atoms in total. The molecule has 0 aliphatic rings. The zero-order valence-electron chi connectivity index (χ0n) is 14.5. The zero-order valence-corrected chi connectivity index (χ0v) is 16.1. The van der Waals surface area contributed by atoms with Crippen LogP contribution in [0.5, 0.6) is 0 Å². The Morgan fingerprint density at radius 1 is 1.08 bits per heavy atom. The van der Waals surface area contributed by atoms with Gasteiger partial charge in [-0.3, -0.25) is 0 Å². The van der Waals surface area contributed by atoms with E-state index in [1.165, 1.54) is 21.9 Å². The van der Waals surface area contributed by atoms with Gasteiger partial charge in [0.2, 0.25) is 0 Å². The summed E-state index contributed by atoms with van der Waals surface area (Å²) in [4.78, 5) is 9.99. The van der Waals surface area contributed by atoms with E-state index in [-0.39, 0.29) is 0 Å². The molecule has 0 saturated heterocycles. The van der Waals surface area contributed by atoms with Gasteiger partial charge in [-0.1, -0.05) is 54.7 Å². The Labute approximate surface area is 162 Å². The van der Waals surface area contributed by atoms with E-state index in [0.29, 0.717) is 0 Å². The first-order chi connectivity index (χ1) is 12.7. The topological polar surface area (TPSA) is 31.9 Å². The van der Waals surface area contributed by atoms with Crippen molar-refractivity contribution >= 4 is 50.0 Å².